The predicted octanol–water partition coefficient (Wildman–Crippen LogP) is 8.27. The van der Waals surface area contributed by atoms with Crippen LogP contribution in [-0.4, -0.2) is 19.0 Å². The second-order valence-electron chi connectivity index (χ2n) is 9.09. The first-order valence-corrected chi connectivity index (χ1v) is 12.0. The average Bonchev–Trinajstić information content (AvgIpc) is 2.85. The van der Waals surface area contributed by atoms with Crippen molar-refractivity contribution in [2.75, 3.05) is 6.61 Å². The van der Waals surface area contributed by atoms with Gasteiger partial charge in [0.05, 0.1) is 12.4 Å². The molecule has 0 aromatic heterocycles. The Labute approximate surface area is 199 Å². The van der Waals surface area contributed by atoms with Gasteiger partial charge in [0, 0.05) is 12.2 Å². The largest absolute Gasteiger partial charge is 0.466 e. The van der Waals surface area contributed by atoms with Crippen molar-refractivity contribution in [2.24, 2.45) is 5.92 Å². The Bertz CT molecular complexity index is 1060. The van der Waals surface area contributed by atoms with Gasteiger partial charge in [0.25, 0.3) is 0 Å². The highest BCUT2D eigenvalue weighted by molar-refractivity contribution is 5.75. The topological polar surface area (TPSA) is 18.5 Å². The highest BCUT2D eigenvalue weighted by Crippen LogP contribution is 2.35. The van der Waals surface area contributed by atoms with Crippen molar-refractivity contribution < 1.29 is 22.6 Å². The lowest BCUT2D eigenvalue weighted by Crippen LogP contribution is -2.24. The molecule has 1 heterocycles. The van der Waals surface area contributed by atoms with Crippen LogP contribution in [0.25, 0.3) is 16.7 Å². The number of unbranched alkanes of at least 4 members (excludes halogenated alkanes) is 1. The van der Waals surface area contributed by atoms with Gasteiger partial charge in [-0.2, -0.15) is 0 Å². The van der Waals surface area contributed by atoms with E-state index in [0.717, 1.165) is 31.2 Å². The number of rotatable bonds is 7. The van der Waals surface area contributed by atoms with E-state index in [1.54, 1.807) is 48.6 Å². The van der Waals surface area contributed by atoms with Gasteiger partial charge >= 0.3 is 0 Å². The second kappa shape index (κ2) is 11.1. The molecule has 2 aliphatic rings. The van der Waals surface area contributed by atoms with Crippen LogP contribution >= 0.6 is 0 Å². The van der Waals surface area contributed by atoms with E-state index in [4.69, 9.17) is 9.47 Å². The Kier molecular flexibility index (Phi) is 7.94. The van der Waals surface area contributed by atoms with E-state index in [-0.39, 0.29) is 23.3 Å². The Morgan fingerprint density at radius 2 is 1.76 bits per heavy atom. The van der Waals surface area contributed by atoms with Crippen LogP contribution in [0.1, 0.15) is 56.8 Å². The zero-order valence-electron chi connectivity index (χ0n) is 19.6. The highest BCUT2D eigenvalue weighted by Gasteiger charge is 2.32. The molecular formula is C29H31F3O2. The van der Waals surface area contributed by atoms with Gasteiger partial charge in [0.1, 0.15) is 11.6 Å². The number of ether oxygens (including phenoxy) is 2. The number of hydrogen-bond acceptors (Lipinski definition) is 2. The molecule has 0 N–H and O–H groups in total. The third kappa shape index (κ3) is 5.47. The molecule has 1 aliphatic heterocycles. The van der Waals surface area contributed by atoms with Crippen LogP contribution in [-0.2, 0) is 9.47 Å². The minimum atomic E-state index is -1.87. The molecule has 0 amide bonds. The van der Waals surface area contributed by atoms with E-state index >= 15 is 0 Å². The third-order valence-electron chi connectivity index (χ3n) is 6.41. The maximum atomic E-state index is 14.9. The summed E-state index contributed by atoms with van der Waals surface area (Å²) in [5, 5.41) is 0. The monoisotopic (exact) mass is 468 g/mol. The molecule has 180 valence electrons. The van der Waals surface area contributed by atoms with Gasteiger partial charge in [0.15, 0.2) is 12.3 Å². The lowest BCUT2D eigenvalue weighted by atomic mass is 9.91. The van der Waals surface area contributed by atoms with Gasteiger partial charge in [-0.1, -0.05) is 62.7 Å². The molecule has 1 saturated heterocycles. The summed E-state index contributed by atoms with van der Waals surface area (Å²) in [4.78, 5) is 0. The number of benzene rings is 2. The maximum absolute atomic E-state index is 14.9. The van der Waals surface area contributed by atoms with Gasteiger partial charge < -0.3 is 9.47 Å². The number of alkyl halides is 2. The lowest BCUT2D eigenvalue weighted by Gasteiger charge is -2.27. The normalized spacial score (nSPS) is 25.2. The highest BCUT2D eigenvalue weighted by atomic mass is 19.2. The molecule has 4 atom stereocenters. The molecule has 34 heavy (non-hydrogen) atoms. The van der Waals surface area contributed by atoms with Crippen LogP contribution in [0, 0.1) is 11.7 Å². The fourth-order valence-electron chi connectivity index (χ4n) is 4.33. The molecule has 0 bridgehead atoms. The molecule has 2 nitrogen and oxygen atoms in total. The van der Waals surface area contributed by atoms with E-state index in [2.05, 4.69) is 6.92 Å². The smallest absolute Gasteiger partial charge is 0.193 e. The number of hydrogen-bond donors (Lipinski definition) is 0. The van der Waals surface area contributed by atoms with Crippen LogP contribution < -0.4 is 0 Å². The molecule has 2 aromatic rings. The standard InChI is InChI=1S/C29H31F3O2/c1-3-4-5-16-33-27-15-13-24(28(31)29(27)32)21-9-7-20(8-10-21)23-12-11-22(17-25(23)30)26-14-6-19(2)18-34-26/h5,7-13,15-17,19,26,28-29H,3-4,6,14,18H2,1-2H3/b16-5-. The first kappa shape index (κ1) is 24.3. The Balaban J connectivity index is 1.49. The van der Waals surface area contributed by atoms with Gasteiger partial charge in [-0.25, -0.2) is 13.2 Å². The van der Waals surface area contributed by atoms with E-state index in [0.29, 0.717) is 29.2 Å². The molecule has 2 aromatic carbocycles. The van der Waals surface area contributed by atoms with Gasteiger partial charge in [-0.15, -0.1) is 0 Å². The first-order valence-electron chi connectivity index (χ1n) is 12.0. The quantitative estimate of drug-likeness (QED) is 0.381. The third-order valence-corrected chi connectivity index (χ3v) is 6.41. The fraction of sp³-hybridized carbons (Fsp3) is 0.379. The van der Waals surface area contributed by atoms with E-state index in [1.807, 2.05) is 13.0 Å². The van der Waals surface area contributed by atoms with Crippen molar-refractivity contribution in [3.05, 3.63) is 89.7 Å². The van der Waals surface area contributed by atoms with E-state index < -0.39 is 12.3 Å². The molecule has 1 fully saturated rings. The SMILES string of the molecule is CCC/C=C\OC1=CC=C(c2ccc(-c3ccc(C4CCC(C)CO4)cc3F)cc2)C(F)C1F. The molecule has 1 aliphatic carbocycles. The van der Waals surface area contributed by atoms with Crippen LogP contribution in [0.3, 0.4) is 0 Å². The molecule has 5 heteroatoms. The Morgan fingerprint density at radius 3 is 2.44 bits per heavy atom. The van der Waals surface area contributed by atoms with E-state index in [1.165, 1.54) is 12.3 Å². The average molecular weight is 469 g/mol. The van der Waals surface area contributed by atoms with Crippen LogP contribution in [0.4, 0.5) is 13.2 Å². The fourth-order valence-corrected chi connectivity index (χ4v) is 4.33. The van der Waals surface area contributed by atoms with Crippen molar-refractivity contribution in [1.29, 1.82) is 0 Å². The zero-order valence-corrected chi connectivity index (χ0v) is 19.6. The summed E-state index contributed by atoms with van der Waals surface area (Å²) in [6, 6.07) is 12.1. The van der Waals surface area contributed by atoms with Crippen LogP contribution in [0.15, 0.2) is 72.7 Å². The van der Waals surface area contributed by atoms with Crippen molar-refractivity contribution in [3.63, 3.8) is 0 Å². The summed E-state index contributed by atoms with van der Waals surface area (Å²) >= 11 is 0. The molecule has 0 saturated carbocycles. The summed E-state index contributed by atoms with van der Waals surface area (Å²) < 4.78 is 55.5. The molecule has 4 rings (SSSR count). The minimum absolute atomic E-state index is 0.0428. The maximum Gasteiger partial charge on any atom is 0.193 e. The summed E-state index contributed by atoms with van der Waals surface area (Å²) in [7, 11) is 0. The van der Waals surface area contributed by atoms with Crippen LogP contribution in [0.5, 0.6) is 0 Å². The van der Waals surface area contributed by atoms with Crippen molar-refractivity contribution in [3.8, 4) is 11.1 Å². The molecule has 0 spiro atoms. The van der Waals surface area contributed by atoms with Crippen molar-refractivity contribution in [2.45, 2.75) is 58.0 Å². The van der Waals surface area contributed by atoms with Gasteiger partial charge in [0.2, 0.25) is 0 Å². The Hall–Kier alpha value is -2.79. The zero-order chi connectivity index (χ0) is 24.1. The van der Waals surface area contributed by atoms with Crippen molar-refractivity contribution >= 4 is 5.57 Å². The molecule has 4 unspecified atom stereocenters. The minimum Gasteiger partial charge on any atom is -0.466 e. The Morgan fingerprint density at radius 1 is 1.00 bits per heavy atom. The number of allylic oxidation sites excluding steroid dienone is 5. The lowest BCUT2D eigenvalue weighted by molar-refractivity contribution is -0.0125. The molecular weight excluding hydrogens is 437 g/mol. The summed E-state index contributed by atoms with van der Waals surface area (Å²) in [6.45, 7) is 4.87. The second-order valence-corrected chi connectivity index (χ2v) is 9.09. The predicted molar refractivity (Wildman–Crippen MR) is 130 cm³/mol. The summed E-state index contributed by atoms with van der Waals surface area (Å²) in [6.07, 6.45) is 6.14. The molecule has 0 radical (unpaired) electrons. The van der Waals surface area contributed by atoms with Gasteiger partial charge in [-0.3, -0.25) is 0 Å². The van der Waals surface area contributed by atoms with Crippen LogP contribution in [0.2, 0.25) is 0 Å². The summed E-state index contributed by atoms with van der Waals surface area (Å²) in [5.74, 6) is 0.170. The first-order chi connectivity index (χ1) is 16.5. The summed E-state index contributed by atoms with van der Waals surface area (Å²) in [5.41, 5.74) is 2.78. The number of halogens is 3. The van der Waals surface area contributed by atoms with E-state index in [9.17, 15) is 13.2 Å². The van der Waals surface area contributed by atoms with Crippen molar-refractivity contribution in [1.82, 2.24) is 0 Å². The van der Waals surface area contributed by atoms with Gasteiger partial charge in [-0.05, 0) is 65.7 Å².